The van der Waals surface area contributed by atoms with Crippen LogP contribution in [0.1, 0.15) is 34.1 Å². The topological polar surface area (TPSA) is 55.6 Å². The van der Waals surface area contributed by atoms with Gasteiger partial charge in [0.1, 0.15) is 5.60 Å². The largest absolute Gasteiger partial charge is 0.444 e. The summed E-state index contributed by atoms with van der Waals surface area (Å²) < 4.78 is 5.29. The van der Waals surface area contributed by atoms with Gasteiger partial charge < -0.3 is 15.4 Å². The van der Waals surface area contributed by atoms with Crippen LogP contribution < -0.4 is 5.73 Å². The number of ether oxygens (including phenoxy) is 1. The third kappa shape index (κ3) is 3.38. The second-order valence-electron chi connectivity index (χ2n) is 5.22. The van der Waals surface area contributed by atoms with Gasteiger partial charge in [0, 0.05) is 19.1 Å². The van der Waals surface area contributed by atoms with Crippen molar-refractivity contribution in [2.45, 2.75) is 45.8 Å². The van der Waals surface area contributed by atoms with E-state index in [1.165, 1.54) is 0 Å². The highest BCUT2D eigenvalue weighted by atomic mass is 16.6. The van der Waals surface area contributed by atoms with Crippen LogP contribution in [0.15, 0.2) is 0 Å². The van der Waals surface area contributed by atoms with Crippen molar-refractivity contribution >= 4 is 6.09 Å². The summed E-state index contributed by atoms with van der Waals surface area (Å²) in [7, 11) is 0. The molecule has 15 heavy (non-hydrogen) atoms. The van der Waals surface area contributed by atoms with Crippen LogP contribution in [0.5, 0.6) is 0 Å². The van der Waals surface area contributed by atoms with E-state index in [-0.39, 0.29) is 12.1 Å². The predicted molar refractivity (Wildman–Crippen MR) is 59.6 cm³/mol. The number of hydrogen-bond acceptors (Lipinski definition) is 3. The fourth-order valence-electron chi connectivity index (χ4n) is 1.80. The van der Waals surface area contributed by atoms with Gasteiger partial charge in [-0.05, 0) is 26.7 Å². The fraction of sp³-hybridized carbons (Fsp3) is 0.909. The molecule has 4 nitrogen and oxygen atoms in total. The summed E-state index contributed by atoms with van der Waals surface area (Å²) in [4.78, 5) is 13.4. The highest BCUT2D eigenvalue weighted by molar-refractivity contribution is 5.68. The molecular formula is C11H22N2O2. The maximum atomic E-state index is 11.7. The normalized spacial score (nSPS) is 26.9. The molecule has 2 N–H and O–H groups in total. The SMILES string of the molecule is CC[C@H]1CN(C(=O)OC(C)(C)C)C[C@@H]1N. The lowest BCUT2D eigenvalue weighted by molar-refractivity contribution is 0.0286. The molecule has 0 spiro atoms. The highest BCUT2D eigenvalue weighted by Crippen LogP contribution is 2.20. The number of carbonyl (C=O) groups excluding carboxylic acids is 1. The van der Waals surface area contributed by atoms with Crippen LogP contribution in [0, 0.1) is 5.92 Å². The second kappa shape index (κ2) is 4.39. The third-order valence-electron chi connectivity index (χ3n) is 2.67. The predicted octanol–water partition coefficient (Wildman–Crippen LogP) is 1.59. The molecule has 1 aliphatic rings. The minimum absolute atomic E-state index is 0.0996. The van der Waals surface area contributed by atoms with Gasteiger partial charge in [-0.1, -0.05) is 13.3 Å². The fourth-order valence-corrected chi connectivity index (χ4v) is 1.80. The van der Waals surface area contributed by atoms with Crippen LogP contribution in [0.25, 0.3) is 0 Å². The van der Waals surface area contributed by atoms with E-state index in [1.54, 1.807) is 4.90 Å². The third-order valence-corrected chi connectivity index (χ3v) is 2.67. The molecule has 4 heteroatoms. The zero-order chi connectivity index (χ0) is 11.6. The Bertz CT molecular complexity index is 235. The van der Waals surface area contributed by atoms with Gasteiger partial charge >= 0.3 is 6.09 Å². The van der Waals surface area contributed by atoms with Crippen molar-refractivity contribution in [2.75, 3.05) is 13.1 Å². The van der Waals surface area contributed by atoms with E-state index < -0.39 is 5.60 Å². The molecule has 2 atom stereocenters. The Morgan fingerprint density at radius 2 is 2.07 bits per heavy atom. The van der Waals surface area contributed by atoms with E-state index in [0.29, 0.717) is 12.5 Å². The van der Waals surface area contributed by atoms with E-state index in [2.05, 4.69) is 6.92 Å². The second-order valence-corrected chi connectivity index (χ2v) is 5.22. The molecule has 1 heterocycles. The average Bonchev–Trinajstić information content (AvgIpc) is 2.43. The Balaban J connectivity index is 2.50. The van der Waals surface area contributed by atoms with E-state index in [1.807, 2.05) is 20.8 Å². The molecule has 1 saturated heterocycles. The molecule has 0 saturated carbocycles. The van der Waals surface area contributed by atoms with Gasteiger partial charge in [-0.2, -0.15) is 0 Å². The first kappa shape index (κ1) is 12.3. The van der Waals surface area contributed by atoms with Crippen LogP contribution in [-0.2, 0) is 4.74 Å². The number of rotatable bonds is 1. The van der Waals surface area contributed by atoms with Crippen molar-refractivity contribution in [1.82, 2.24) is 4.90 Å². The summed E-state index contributed by atoms with van der Waals surface area (Å²) in [5, 5.41) is 0. The smallest absolute Gasteiger partial charge is 0.410 e. The molecule has 0 radical (unpaired) electrons. The maximum Gasteiger partial charge on any atom is 0.410 e. The molecule has 1 rings (SSSR count). The van der Waals surface area contributed by atoms with Crippen molar-refractivity contribution in [2.24, 2.45) is 11.7 Å². The van der Waals surface area contributed by atoms with Gasteiger partial charge in [-0.15, -0.1) is 0 Å². The molecule has 0 unspecified atom stereocenters. The van der Waals surface area contributed by atoms with Crippen LogP contribution in [0.2, 0.25) is 0 Å². The van der Waals surface area contributed by atoms with Gasteiger partial charge in [0.25, 0.3) is 0 Å². The van der Waals surface area contributed by atoms with Crippen molar-refractivity contribution in [3.63, 3.8) is 0 Å². The molecule has 1 amide bonds. The monoisotopic (exact) mass is 214 g/mol. The van der Waals surface area contributed by atoms with E-state index in [0.717, 1.165) is 13.0 Å². The summed E-state index contributed by atoms with van der Waals surface area (Å²) in [6.45, 7) is 9.07. The molecule has 1 fully saturated rings. The van der Waals surface area contributed by atoms with Crippen LogP contribution in [-0.4, -0.2) is 35.7 Å². The number of amides is 1. The first-order chi connectivity index (χ1) is 6.83. The van der Waals surface area contributed by atoms with Crippen molar-refractivity contribution in [3.8, 4) is 0 Å². The summed E-state index contributed by atoms with van der Waals surface area (Å²) in [5.41, 5.74) is 5.51. The van der Waals surface area contributed by atoms with Gasteiger partial charge in [0.05, 0.1) is 0 Å². The summed E-state index contributed by atoms with van der Waals surface area (Å²) in [5.74, 6) is 0.414. The Hall–Kier alpha value is -0.770. The minimum Gasteiger partial charge on any atom is -0.444 e. The lowest BCUT2D eigenvalue weighted by atomic mass is 10.0. The van der Waals surface area contributed by atoms with E-state index in [9.17, 15) is 4.79 Å². The number of likely N-dealkylation sites (tertiary alicyclic amines) is 1. The Morgan fingerprint density at radius 3 is 2.47 bits per heavy atom. The van der Waals surface area contributed by atoms with Gasteiger partial charge in [-0.3, -0.25) is 0 Å². The van der Waals surface area contributed by atoms with Crippen LogP contribution in [0.4, 0.5) is 4.79 Å². The maximum absolute atomic E-state index is 11.7. The first-order valence-corrected chi connectivity index (χ1v) is 5.57. The average molecular weight is 214 g/mol. The summed E-state index contributed by atoms with van der Waals surface area (Å²) >= 11 is 0. The standard InChI is InChI=1S/C11H22N2O2/c1-5-8-6-13(7-9(8)12)10(14)15-11(2,3)4/h8-9H,5-7,12H2,1-4H3/t8-,9-/m0/s1. The molecule has 1 aliphatic heterocycles. The van der Waals surface area contributed by atoms with Crippen LogP contribution >= 0.6 is 0 Å². The van der Waals surface area contributed by atoms with Crippen molar-refractivity contribution < 1.29 is 9.53 Å². The Labute approximate surface area is 91.8 Å². The van der Waals surface area contributed by atoms with Crippen LogP contribution in [0.3, 0.4) is 0 Å². The molecule has 0 aliphatic carbocycles. The molecule has 88 valence electrons. The van der Waals surface area contributed by atoms with E-state index >= 15 is 0 Å². The zero-order valence-electron chi connectivity index (χ0n) is 10.1. The number of carbonyl (C=O) groups is 1. The lowest BCUT2D eigenvalue weighted by Gasteiger charge is -2.24. The number of nitrogens with zero attached hydrogens (tertiary/aromatic N) is 1. The first-order valence-electron chi connectivity index (χ1n) is 5.57. The molecule has 0 aromatic rings. The van der Waals surface area contributed by atoms with Gasteiger partial charge in [-0.25, -0.2) is 4.79 Å². The molecule has 0 aromatic carbocycles. The highest BCUT2D eigenvalue weighted by Gasteiger charge is 2.33. The Kier molecular flexibility index (Phi) is 3.60. The number of hydrogen-bond donors (Lipinski definition) is 1. The lowest BCUT2D eigenvalue weighted by Crippen LogP contribution is -2.36. The molecular weight excluding hydrogens is 192 g/mol. The zero-order valence-corrected chi connectivity index (χ0v) is 10.1. The quantitative estimate of drug-likeness (QED) is 0.721. The minimum atomic E-state index is -0.425. The number of nitrogens with two attached hydrogens (primary N) is 1. The molecule has 0 bridgehead atoms. The Morgan fingerprint density at radius 1 is 1.47 bits per heavy atom. The summed E-state index contributed by atoms with van der Waals surface area (Å²) in [6, 6.07) is 0.0996. The van der Waals surface area contributed by atoms with Crippen molar-refractivity contribution in [3.05, 3.63) is 0 Å². The van der Waals surface area contributed by atoms with Crippen molar-refractivity contribution in [1.29, 1.82) is 0 Å². The van der Waals surface area contributed by atoms with Gasteiger partial charge in [0.15, 0.2) is 0 Å². The summed E-state index contributed by atoms with van der Waals surface area (Å²) in [6.07, 6.45) is 0.773. The molecule has 0 aromatic heterocycles. The van der Waals surface area contributed by atoms with Gasteiger partial charge in [0.2, 0.25) is 0 Å². The van der Waals surface area contributed by atoms with E-state index in [4.69, 9.17) is 10.5 Å².